The van der Waals surface area contributed by atoms with Crippen LogP contribution >= 0.6 is 0 Å². The van der Waals surface area contributed by atoms with Crippen LogP contribution in [-0.2, 0) is 11.8 Å². The highest BCUT2D eigenvalue weighted by Crippen LogP contribution is 2.14. The number of aryl methyl sites for hydroxylation is 1. The molecule has 1 amide bonds. The number of rotatable bonds is 3. The summed E-state index contributed by atoms with van der Waals surface area (Å²) >= 11 is 0. The first-order valence-electron chi connectivity index (χ1n) is 4.21. The van der Waals surface area contributed by atoms with Gasteiger partial charge in [0.15, 0.2) is 0 Å². The monoisotopic (exact) mass is 198 g/mol. The van der Waals surface area contributed by atoms with E-state index in [9.17, 15) is 4.79 Å². The van der Waals surface area contributed by atoms with Crippen molar-refractivity contribution in [1.82, 2.24) is 20.2 Å². The molecule has 0 spiro atoms. The quantitative estimate of drug-likeness (QED) is 0.658. The smallest absolute Gasteiger partial charge is 0.270 e. The maximum Gasteiger partial charge on any atom is 0.270 e. The number of nitrogens with one attached hydrogen (secondary N) is 1. The van der Waals surface area contributed by atoms with Crippen LogP contribution < -0.4 is 11.1 Å². The van der Waals surface area contributed by atoms with Gasteiger partial charge in [0.25, 0.3) is 5.95 Å². The van der Waals surface area contributed by atoms with E-state index in [4.69, 9.17) is 5.73 Å². The van der Waals surface area contributed by atoms with Gasteiger partial charge in [-0.2, -0.15) is 4.80 Å². The van der Waals surface area contributed by atoms with Crippen molar-refractivity contribution in [2.75, 3.05) is 11.9 Å². The molecular formula is C7H14N6O. The first-order chi connectivity index (χ1) is 6.45. The van der Waals surface area contributed by atoms with Crippen molar-refractivity contribution in [3.63, 3.8) is 0 Å². The molecule has 0 aliphatic carbocycles. The second-order valence-electron chi connectivity index (χ2n) is 3.64. The Bertz CT molecular complexity index is 331. The molecule has 0 aliphatic rings. The van der Waals surface area contributed by atoms with Crippen LogP contribution in [0.2, 0.25) is 0 Å². The van der Waals surface area contributed by atoms with E-state index < -0.39 is 5.41 Å². The highest BCUT2D eigenvalue weighted by Gasteiger charge is 2.26. The largest absolute Gasteiger partial charge is 0.329 e. The third-order valence-electron chi connectivity index (χ3n) is 1.86. The molecule has 0 unspecified atom stereocenters. The fraction of sp³-hybridized carbons (Fsp3) is 0.714. The van der Waals surface area contributed by atoms with E-state index in [1.54, 1.807) is 20.9 Å². The van der Waals surface area contributed by atoms with E-state index in [2.05, 4.69) is 20.7 Å². The van der Waals surface area contributed by atoms with E-state index in [1.807, 2.05) is 0 Å². The van der Waals surface area contributed by atoms with Crippen LogP contribution in [0.25, 0.3) is 0 Å². The first-order valence-corrected chi connectivity index (χ1v) is 4.21. The number of amides is 1. The van der Waals surface area contributed by atoms with Crippen LogP contribution in [0.1, 0.15) is 13.8 Å². The minimum atomic E-state index is -0.626. The number of hydrogen-bond donors (Lipinski definition) is 2. The molecule has 0 bridgehead atoms. The average Bonchev–Trinajstić information content (AvgIpc) is 2.51. The molecule has 3 N–H and O–H groups in total. The highest BCUT2D eigenvalue weighted by molar-refractivity contribution is 5.93. The van der Waals surface area contributed by atoms with Gasteiger partial charge in [-0.15, -0.1) is 5.10 Å². The minimum absolute atomic E-state index is 0.194. The van der Waals surface area contributed by atoms with E-state index in [0.29, 0.717) is 0 Å². The second kappa shape index (κ2) is 3.70. The lowest BCUT2D eigenvalue weighted by Crippen LogP contribution is -2.37. The second-order valence-corrected chi connectivity index (χ2v) is 3.64. The van der Waals surface area contributed by atoms with Gasteiger partial charge in [-0.1, -0.05) is 5.10 Å². The van der Waals surface area contributed by atoms with Gasteiger partial charge in [0.2, 0.25) is 5.91 Å². The zero-order valence-electron chi connectivity index (χ0n) is 8.48. The number of nitrogens with two attached hydrogens (primary N) is 1. The third kappa shape index (κ3) is 2.25. The number of aromatic nitrogens is 4. The maximum atomic E-state index is 11.6. The van der Waals surface area contributed by atoms with E-state index in [1.165, 1.54) is 4.80 Å². The van der Waals surface area contributed by atoms with Gasteiger partial charge in [0.1, 0.15) is 0 Å². The van der Waals surface area contributed by atoms with Crippen molar-refractivity contribution < 1.29 is 4.79 Å². The lowest BCUT2D eigenvalue weighted by molar-refractivity contribution is -0.123. The van der Waals surface area contributed by atoms with Gasteiger partial charge in [-0.3, -0.25) is 10.1 Å². The number of hydrogen-bond acceptors (Lipinski definition) is 5. The van der Waals surface area contributed by atoms with E-state index in [-0.39, 0.29) is 18.4 Å². The molecule has 1 rings (SSSR count). The summed E-state index contributed by atoms with van der Waals surface area (Å²) in [7, 11) is 1.62. The van der Waals surface area contributed by atoms with Gasteiger partial charge in [-0.25, -0.2) is 0 Å². The van der Waals surface area contributed by atoms with Gasteiger partial charge in [0.05, 0.1) is 12.5 Å². The van der Waals surface area contributed by atoms with Gasteiger partial charge < -0.3 is 5.73 Å². The molecule has 7 nitrogen and oxygen atoms in total. The normalized spacial score (nSPS) is 11.4. The van der Waals surface area contributed by atoms with Crippen molar-refractivity contribution in [3.8, 4) is 0 Å². The minimum Gasteiger partial charge on any atom is -0.329 e. The number of carbonyl (C=O) groups is 1. The summed E-state index contributed by atoms with van der Waals surface area (Å²) in [6.45, 7) is 3.76. The highest BCUT2D eigenvalue weighted by atomic mass is 16.2. The summed E-state index contributed by atoms with van der Waals surface area (Å²) in [6.07, 6.45) is 0. The predicted molar refractivity (Wildman–Crippen MR) is 50.3 cm³/mol. The SMILES string of the molecule is Cn1nnc(NC(=O)C(C)(C)CN)n1. The topological polar surface area (TPSA) is 98.7 Å². The fourth-order valence-electron chi connectivity index (χ4n) is 0.698. The standard InChI is InChI=1S/C7H14N6O/c1-7(2,4-8)5(14)9-6-10-12-13(3)11-6/h4,8H2,1-3H3,(H,9,11,14). The first kappa shape index (κ1) is 10.6. The summed E-state index contributed by atoms with van der Waals surface area (Å²) in [4.78, 5) is 12.8. The molecule has 0 saturated carbocycles. The average molecular weight is 198 g/mol. The number of tetrazole rings is 1. The van der Waals surface area contributed by atoms with Crippen molar-refractivity contribution in [1.29, 1.82) is 0 Å². The van der Waals surface area contributed by atoms with Gasteiger partial charge in [0, 0.05) is 6.54 Å². The molecule has 0 fully saturated rings. The Morgan fingerprint density at radius 2 is 2.29 bits per heavy atom. The molecule has 0 aromatic carbocycles. The zero-order valence-corrected chi connectivity index (χ0v) is 8.48. The Morgan fingerprint density at radius 1 is 1.64 bits per heavy atom. The molecular weight excluding hydrogens is 184 g/mol. The number of carbonyl (C=O) groups excluding carboxylic acids is 1. The maximum absolute atomic E-state index is 11.6. The zero-order chi connectivity index (χ0) is 10.8. The Morgan fingerprint density at radius 3 is 2.71 bits per heavy atom. The molecule has 0 saturated heterocycles. The predicted octanol–water partition coefficient (Wildman–Crippen LogP) is -0.866. The summed E-state index contributed by atoms with van der Waals surface area (Å²) < 4.78 is 0. The summed E-state index contributed by atoms with van der Waals surface area (Å²) in [5.41, 5.74) is 4.82. The number of nitrogens with zero attached hydrogens (tertiary/aromatic N) is 4. The molecule has 78 valence electrons. The van der Waals surface area contributed by atoms with Gasteiger partial charge in [-0.05, 0) is 19.1 Å². The Balaban J connectivity index is 2.66. The summed E-state index contributed by atoms with van der Waals surface area (Å²) in [5, 5.41) is 13.6. The van der Waals surface area contributed by atoms with Gasteiger partial charge >= 0.3 is 0 Å². The van der Waals surface area contributed by atoms with Crippen molar-refractivity contribution in [3.05, 3.63) is 0 Å². The van der Waals surface area contributed by atoms with Crippen molar-refractivity contribution in [2.45, 2.75) is 13.8 Å². The Hall–Kier alpha value is -1.50. The fourth-order valence-corrected chi connectivity index (χ4v) is 0.698. The summed E-state index contributed by atoms with van der Waals surface area (Å²) in [5.74, 6) is -0.0213. The summed E-state index contributed by atoms with van der Waals surface area (Å²) in [6, 6.07) is 0. The van der Waals surface area contributed by atoms with Crippen LogP contribution in [0.3, 0.4) is 0 Å². The van der Waals surface area contributed by atoms with Crippen molar-refractivity contribution >= 4 is 11.9 Å². The molecule has 0 aliphatic heterocycles. The Kier molecular flexibility index (Phi) is 2.80. The molecule has 0 radical (unpaired) electrons. The van der Waals surface area contributed by atoms with Crippen LogP contribution in [-0.4, -0.2) is 32.7 Å². The lowest BCUT2D eigenvalue weighted by atomic mass is 9.93. The van der Waals surface area contributed by atoms with Crippen LogP contribution in [0.15, 0.2) is 0 Å². The van der Waals surface area contributed by atoms with Crippen LogP contribution in [0, 0.1) is 5.41 Å². The molecule has 1 aromatic heterocycles. The molecule has 14 heavy (non-hydrogen) atoms. The van der Waals surface area contributed by atoms with Crippen LogP contribution in [0.5, 0.6) is 0 Å². The molecule has 0 atom stereocenters. The molecule has 7 heteroatoms. The Labute approximate surface area is 81.7 Å². The van der Waals surface area contributed by atoms with Crippen LogP contribution in [0.4, 0.5) is 5.95 Å². The third-order valence-corrected chi connectivity index (χ3v) is 1.86. The molecule has 1 heterocycles. The number of anilines is 1. The molecule has 1 aromatic rings. The lowest BCUT2D eigenvalue weighted by Gasteiger charge is -2.19. The van der Waals surface area contributed by atoms with E-state index in [0.717, 1.165) is 0 Å². The van der Waals surface area contributed by atoms with Crippen molar-refractivity contribution in [2.24, 2.45) is 18.2 Å². The van der Waals surface area contributed by atoms with E-state index >= 15 is 0 Å².